The van der Waals surface area contributed by atoms with Gasteiger partial charge in [0.05, 0.1) is 21.4 Å². The van der Waals surface area contributed by atoms with Gasteiger partial charge in [-0.3, -0.25) is 14.5 Å². The molecule has 0 radical (unpaired) electrons. The zero-order chi connectivity index (χ0) is 22.0. The Morgan fingerprint density at radius 1 is 0.935 bits per heavy atom. The molecule has 0 aromatic heterocycles. The Labute approximate surface area is 190 Å². The Morgan fingerprint density at radius 3 is 2.26 bits per heavy atom. The number of amides is 4. The van der Waals surface area contributed by atoms with E-state index in [0.717, 1.165) is 37.0 Å². The van der Waals surface area contributed by atoms with Crippen molar-refractivity contribution in [2.24, 2.45) is 0 Å². The average Bonchev–Trinajstić information content (AvgIpc) is 3.00. The van der Waals surface area contributed by atoms with Gasteiger partial charge >= 0.3 is 6.03 Å². The topological polar surface area (TPSA) is 69.7 Å². The summed E-state index contributed by atoms with van der Waals surface area (Å²) in [5.41, 5.74) is 0.770. The Balaban J connectivity index is 1.70. The van der Waals surface area contributed by atoms with Gasteiger partial charge in [0, 0.05) is 12.1 Å². The Morgan fingerprint density at radius 2 is 1.58 bits per heavy atom. The molecule has 4 rings (SSSR count). The van der Waals surface area contributed by atoms with Gasteiger partial charge in [0.25, 0.3) is 11.8 Å². The summed E-state index contributed by atoms with van der Waals surface area (Å²) < 4.78 is 0. The van der Waals surface area contributed by atoms with E-state index in [1.54, 1.807) is 48.5 Å². The second kappa shape index (κ2) is 9.12. The van der Waals surface area contributed by atoms with Crippen molar-refractivity contribution in [1.29, 1.82) is 0 Å². The molecule has 4 amide bonds. The van der Waals surface area contributed by atoms with Gasteiger partial charge < -0.3 is 5.32 Å². The number of carbonyl (C=O) groups excluding carboxylic acids is 3. The van der Waals surface area contributed by atoms with Gasteiger partial charge in [0.2, 0.25) is 0 Å². The summed E-state index contributed by atoms with van der Waals surface area (Å²) in [6, 6.07) is 12.9. The second-order valence-corrected chi connectivity index (χ2v) is 8.35. The minimum atomic E-state index is -0.571. The number of hydrogen-bond donors (Lipinski definition) is 1. The Kier molecular flexibility index (Phi) is 6.30. The first kappa shape index (κ1) is 21.4. The van der Waals surface area contributed by atoms with Crippen LogP contribution in [-0.4, -0.2) is 28.8 Å². The van der Waals surface area contributed by atoms with Crippen LogP contribution in [0, 0.1) is 0 Å². The summed E-state index contributed by atoms with van der Waals surface area (Å²) in [6.45, 7) is 0. The molecular formula is C23H21Cl2N3O3. The van der Waals surface area contributed by atoms with Crippen LogP contribution in [0.25, 0.3) is 0 Å². The van der Waals surface area contributed by atoms with Crippen molar-refractivity contribution in [2.75, 3.05) is 10.2 Å². The number of benzene rings is 2. The summed E-state index contributed by atoms with van der Waals surface area (Å²) >= 11 is 12.4. The second-order valence-electron chi connectivity index (χ2n) is 7.54. The molecule has 1 heterocycles. The number of halogens is 2. The summed E-state index contributed by atoms with van der Waals surface area (Å²) in [5, 5.41) is 3.35. The molecule has 31 heavy (non-hydrogen) atoms. The molecule has 1 aliphatic carbocycles. The lowest BCUT2D eigenvalue weighted by atomic mass is 9.94. The maximum atomic E-state index is 13.4. The SMILES string of the molecule is O=C(C=C1C(=O)N(c2ccccc2Cl)C(=O)N1C1CCCCC1)Nc1ccccc1Cl. The van der Waals surface area contributed by atoms with E-state index in [2.05, 4.69) is 5.32 Å². The standard InChI is InChI=1S/C23H21Cl2N3O3/c24-16-10-4-6-12-18(16)26-21(29)14-20-22(30)28(19-13-7-5-11-17(19)25)23(31)27(20)15-8-2-1-3-9-15/h4-7,10-15H,1-3,8-9H2,(H,26,29). The lowest BCUT2D eigenvalue weighted by Gasteiger charge is -2.30. The van der Waals surface area contributed by atoms with Gasteiger partial charge in [-0.2, -0.15) is 0 Å². The smallest absolute Gasteiger partial charge is 0.321 e. The van der Waals surface area contributed by atoms with Crippen molar-refractivity contribution in [3.05, 3.63) is 70.3 Å². The Bertz CT molecular complexity index is 1060. The van der Waals surface area contributed by atoms with E-state index in [1.165, 1.54) is 11.0 Å². The Hall–Kier alpha value is -2.83. The van der Waals surface area contributed by atoms with Crippen LogP contribution in [0.2, 0.25) is 10.0 Å². The summed E-state index contributed by atoms with van der Waals surface area (Å²) in [5.74, 6) is -1.11. The first-order valence-electron chi connectivity index (χ1n) is 10.2. The molecule has 0 bridgehead atoms. The molecule has 1 aliphatic heterocycles. The van der Waals surface area contributed by atoms with Gasteiger partial charge in [-0.25, -0.2) is 9.69 Å². The molecule has 8 heteroatoms. The van der Waals surface area contributed by atoms with E-state index < -0.39 is 17.8 Å². The fraction of sp³-hybridized carbons (Fsp3) is 0.261. The summed E-state index contributed by atoms with van der Waals surface area (Å²) in [4.78, 5) is 41.9. The van der Waals surface area contributed by atoms with Crippen LogP contribution in [0.4, 0.5) is 16.2 Å². The molecule has 6 nitrogen and oxygen atoms in total. The quantitative estimate of drug-likeness (QED) is 0.478. The lowest BCUT2D eigenvalue weighted by molar-refractivity contribution is -0.116. The highest BCUT2D eigenvalue weighted by atomic mass is 35.5. The van der Waals surface area contributed by atoms with Crippen molar-refractivity contribution in [3.8, 4) is 0 Å². The third-order valence-electron chi connectivity index (χ3n) is 5.51. The summed E-state index contributed by atoms with van der Waals surface area (Å²) in [7, 11) is 0. The van der Waals surface area contributed by atoms with Crippen LogP contribution >= 0.6 is 23.2 Å². The van der Waals surface area contributed by atoms with E-state index in [9.17, 15) is 14.4 Å². The molecule has 0 spiro atoms. The predicted molar refractivity (Wildman–Crippen MR) is 121 cm³/mol. The molecule has 2 aromatic carbocycles. The van der Waals surface area contributed by atoms with Crippen LogP contribution in [0.1, 0.15) is 32.1 Å². The first-order chi connectivity index (χ1) is 15.0. The molecule has 1 saturated carbocycles. The molecule has 1 N–H and O–H groups in total. The van der Waals surface area contributed by atoms with Crippen molar-refractivity contribution >= 4 is 52.4 Å². The highest BCUT2D eigenvalue weighted by Crippen LogP contribution is 2.36. The number of hydrogen-bond acceptors (Lipinski definition) is 3. The third-order valence-corrected chi connectivity index (χ3v) is 6.16. The monoisotopic (exact) mass is 457 g/mol. The van der Waals surface area contributed by atoms with E-state index in [0.29, 0.717) is 16.4 Å². The third kappa shape index (κ3) is 4.31. The number of imide groups is 1. The number of carbonyl (C=O) groups is 3. The van der Waals surface area contributed by atoms with Crippen LogP contribution in [0.3, 0.4) is 0 Å². The van der Waals surface area contributed by atoms with Gasteiger partial charge in [-0.15, -0.1) is 0 Å². The van der Waals surface area contributed by atoms with Crippen LogP contribution in [0.15, 0.2) is 60.3 Å². The van der Waals surface area contributed by atoms with Crippen LogP contribution in [-0.2, 0) is 9.59 Å². The van der Waals surface area contributed by atoms with Crippen molar-refractivity contribution in [3.63, 3.8) is 0 Å². The van der Waals surface area contributed by atoms with Crippen molar-refractivity contribution in [1.82, 2.24) is 4.90 Å². The highest BCUT2D eigenvalue weighted by molar-refractivity contribution is 6.37. The lowest BCUT2D eigenvalue weighted by Crippen LogP contribution is -2.40. The average molecular weight is 458 g/mol. The normalized spacial score (nSPS) is 18.7. The van der Waals surface area contributed by atoms with E-state index in [-0.39, 0.29) is 16.8 Å². The van der Waals surface area contributed by atoms with Gasteiger partial charge in [0.15, 0.2) is 0 Å². The molecule has 0 atom stereocenters. The van der Waals surface area contributed by atoms with E-state index in [1.807, 2.05) is 0 Å². The minimum Gasteiger partial charge on any atom is -0.321 e. The van der Waals surface area contributed by atoms with Gasteiger partial charge in [0.1, 0.15) is 5.70 Å². The molecule has 0 unspecified atom stereocenters. The minimum absolute atomic E-state index is 0.0429. The number of nitrogens with one attached hydrogen (secondary N) is 1. The molecular weight excluding hydrogens is 437 g/mol. The van der Waals surface area contributed by atoms with Gasteiger partial charge in [-0.05, 0) is 37.1 Å². The zero-order valence-corrected chi connectivity index (χ0v) is 18.2. The van der Waals surface area contributed by atoms with Crippen LogP contribution in [0.5, 0.6) is 0 Å². The molecule has 2 aliphatic rings. The summed E-state index contributed by atoms with van der Waals surface area (Å²) in [6.07, 6.45) is 5.75. The fourth-order valence-corrected chi connectivity index (χ4v) is 4.44. The van der Waals surface area contributed by atoms with E-state index >= 15 is 0 Å². The zero-order valence-electron chi connectivity index (χ0n) is 16.7. The van der Waals surface area contributed by atoms with Crippen molar-refractivity contribution < 1.29 is 14.4 Å². The molecule has 160 valence electrons. The predicted octanol–water partition coefficient (Wildman–Crippen LogP) is 5.62. The van der Waals surface area contributed by atoms with E-state index in [4.69, 9.17) is 23.2 Å². The van der Waals surface area contributed by atoms with Gasteiger partial charge in [-0.1, -0.05) is 66.7 Å². The maximum Gasteiger partial charge on any atom is 0.336 e. The number of urea groups is 1. The number of anilines is 2. The largest absolute Gasteiger partial charge is 0.336 e. The number of nitrogens with zero attached hydrogens (tertiary/aromatic N) is 2. The number of para-hydroxylation sites is 2. The number of rotatable bonds is 4. The fourth-order valence-electron chi connectivity index (χ4n) is 4.04. The first-order valence-corrected chi connectivity index (χ1v) is 10.9. The molecule has 2 fully saturated rings. The molecule has 2 aromatic rings. The maximum absolute atomic E-state index is 13.4. The highest BCUT2D eigenvalue weighted by Gasteiger charge is 2.46. The van der Waals surface area contributed by atoms with Crippen molar-refractivity contribution in [2.45, 2.75) is 38.1 Å². The van der Waals surface area contributed by atoms with Crippen LogP contribution < -0.4 is 10.2 Å². The molecule has 1 saturated heterocycles.